The van der Waals surface area contributed by atoms with Crippen LogP contribution in [0.4, 0.5) is 14.5 Å². The number of esters is 1. The monoisotopic (exact) mass is 291 g/mol. The van der Waals surface area contributed by atoms with E-state index in [0.717, 1.165) is 5.56 Å². The molecule has 0 aromatic heterocycles. The molecule has 21 heavy (non-hydrogen) atoms. The first-order chi connectivity index (χ1) is 10.0. The highest BCUT2D eigenvalue weighted by Gasteiger charge is 2.12. The Morgan fingerprint density at radius 2 is 1.86 bits per heavy atom. The third-order valence-corrected chi connectivity index (χ3v) is 3.06. The average Bonchev–Trinajstić information content (AvgIpc) is 2.48. The highest BCUT2D eigenvalue weighted by molar-refractivity contribution is 5.90. The average molecular weight is 291 g/mol. The van der Waals surface area contributed by atoms with Gasteiger partial charge in [-0.05, 0) is 31.2 Å². The number of ether oxygens (including phenoxy) is 1. The molecule has 0 aliphatic carbocycles. The smallest absolute Gasteiger partial charge is 0.340 e. The maximum Gasteiger partial charge on any atom is 0.340 e. The Bertz CT molecular complexity index is 671. The van der Waals surface area contributed by atoms with Gasteiger partial charge in [0.2, 0.25) is 0 Å². The zero-order chi connectivity index (χ0) is 15.4. The van der Waals surface area contributed by atoms with E-state index in [2.05, 4.69) is 10.1 Å². The molecule has 1 N–H and O–H groups in total. The van der Waals surface area contributed by atoms with Crippen LogP contribution in [-0.2, 0) is 11.3 Å². The molecule has 2 rings (SSSR count). The van der Waals surface area contributed by atoms with Crippen LogP contribution in [-0.4, -0.2) is 13.1 Å². The molecule has 0 aliphatic heterocycles. The fourth-order valence-electron chi connectivity index (χ4n) is 1.94. The van der Waals surface area contributed by atoms with E-state index < -0.39 is 11.8 Å². The number of anilines is 1. The number of carbonyl (C=O) groups is 1. The van der Waals surface area contributed by atoms with Crippen LogP contribution in [0.5, 0.6) is 0 Å². The van der Waals surface area contributed by atoms with Crippen LogP contribution in [0.15, 0.2) is 36.4 Å². The van der Waals surface area contributed by atoms with Crippen molar-refractivity contribution in [2.75, 3.05) is 12.4 Å². The fraction of sp³-hybridized carbons (Fsp3) is 0.188. The second kappa shape index (κ2) is 6.35. The maximum absolute atomic E-state index is 13.6. The molecular formula is C16H15F2NO2. The molecule has 0 unspecified atom stereocenters. The van der Waals surface area contributed by atoms with Gasteiger partial charge in [-0.2, -0.15) is 0 Å². The van der Waals surface area contributed by atoms with E-state index in [1.54, 1.807) is 12.1 Å². The van der Waals surface area contributed by atoms with Gasteiger partial charge in [0.05, 0.1) is 12.7 Å². The first kappa shape index (κ1) is 15.0. The third-order valence-electron chi connectivity index (χ3n) is 3.06. The van der Waals surface area contributed by atoms with Crippen molar-refractivity contribution in [3.8, 4) is 0 Å². The molecule has 0 heterocycles. The molecule has 0 amide bonds. The van der Waals surface area contributed by atoms with Crippen molar-refractivity contribution < 1.29 is 18.3 Å². The van der Waals surface area contributed by atoms with Gasteiger partial charge in [-0.3, -0.25) is 0 Å². The second-order valence-corrected chi connectivity index (χ2v) is 4.63. The summed E-state index contributed by atoms with van der Waals surface area (Å²) >= 11 is 0. The molecular weight excluding hydrogens is 276 g/mol. The summed E-state index contributed by atoms with van der Waals surface area (Å²) in [5.41, 5.74) is 1.80. The van der Waals surface area contributed by atoms with Gasteiger partial charge in [0.1, 0.15) is 11.6 Å². The summed E-state index contributed by atoms with van der Waals surface area (Å²) in [5.74, 6) is -1.73. The number of hydrogen-bond donors (Lipinski definition) is 1. The summed E-state index contributed by atoms with van der Waals surface area (Å²) in [7, 11) is 1.18. The summed E-state index contributed by atoms with van der Waals surface area (Å²) in [6.07, 6.45) is 0. The van der Waals surface area contributed by atoms with E-state index in [4.69, 9.17) is 0 Å². The van der Waals surface area contributed by atoms with E-state index in [1.165, 1.54) is 31.4 Å². The lowest BCUT2D eigenvalue weighted by molar-refractivity contribution is 0.0595. The number of methoxy groups -OCH3 is 1. The quantitative estimate of drug-likeness (QED) is 0.873. The van der Waals surface area contributed by atoms with Gasteiger partial charge in [0.15, 0.2) is 0 Å². The summed E-state index contributed by atoms with van der Waals surface area (Å²) < 4.78 is 31.6. The lowest BCUT2D eigenvalue weighted by Crippen LogP contribution is -2.07. The molecule has 5 heteroatoms. The van der Waals surface area contributed by atoms with Crippen LogP contribution in [0, 0.1) is 18.6 Å². The minimum Gasteiger partial charge on any atom is -0.465 e. The van der Waals surface area contributed by atoms with Gasteiger partial charge in [0.25, 0.3) is 0 Å². The van der Waals surface area contributed by atoms with E-state index in [9.17, 15) is 13.6 Å². The Balaban J connectivity index is 2.17. The Labute approximate surface area is 121 Å². The van der Waals surface area contributed by atoms with Crippen molar-refractivity contribution >= 4 is 11.7 Å². The highest BCUT2D eigenvalue weighted by atomic mass is 19.1. The molecule has 0 fully saturated rings. The largest absolute Gasteiger partial charge is 0.465 e. The molecule has 2 aromatic carbocycles. The van der Waals surface area contributed by atoms with E-state index in [1.807, 2.05) is 6.92 Å². The van der Waals surface area contributed by atoms with Gasteiger partial charge in [-0.25, -0.2) is 13.6 Å². The zero-order valence-corrected chi connectivity index (χ0v) is 11.7. The molecule has 2 aromatic rings. The van der Waals surface area contributed by atoms with Gasteiger partial charge in [-0.1, -0.05) is 17.7 Å². The van der Waals surface area contributed by atoms with Crippen molar-refractivity contribution in [3.63, 3.8) is 0 Å². The van der Waals surface area contributed by atoms with Crippen molar-refractivity contribution in [1.82, 2.24) is 0 Å². The SMILES string of the molecule is COC(=O)c1cc(NCc2cc(C)ccc2F)ccc1F. The van der Waals surface area contributed by atoms with Crippen molar-refractivity contribution in [1.29, 1.82) is 0 Å². The molecule has 110 valence electrons. The van der Waals surface area contributed by atoms with E-state index in [-0.39, 0.29) is 17.9 Å². The first-order valence-electron chi connectivity index (χ1n) is 6.38. The normalized spacial score (nSPS) is 10.3. The predicted molar refractivity (Wildman–Crippen MR) is 76.2 cm³/mol. The van der Waals surface area contributed by atoms with Gasteiger partial charge in [-0.15, -0.1) is 0 Å². The lowest BCUT2D eigenvalue weighted by atomic mass is 10.1. The Hall–Kier alpha value is -2.43. The van der Waals surface area contributed by atoms with Crippen molar-refractivity contribution in [2.24, 2.45) is 0 Å². The summed E-state index contributed by atoms with van der Waals surface area (Å²) in [4.78, 5) is 11.4. The second-order valence-electron chi connectivity index (χ2n) is 4.63. The van der Waals surface area contributed by atoms with Gasteiger partial charge in [0, 0.05) is 17.8 Å². The van der Waals surface area contributed by atoms with Crippen LogP contribution in [0.25, 0.3) is 0 Å². The van der Waals surface area contributed by atoms with Crippen LogP contribution < -0.4 is 5.32 Å². The molecule has 0 atom stereocenters. The topological polar surface area (TPSA) is 38.3 Å². The van der Waals surface area contributed by atoms with Crippen molar-refractivity contribution in [3.05, 3.63) is 64.7 Å². The first-order valence-corrected chi connectivity index (χ1v) is 6.38. The predicted octanol–water partition coefficient (Wildman–Crippen LogP) is 3.67. The molecule has 0 saturated carbocycles. The van der Waals surface area contributed by atoms with Gasteiger partial charge >= 0.3 is 5.97 Å². The fourth-order valence-corrected chi connectivity index (χ4v) is 1.94. The van der Waals surface area contributed by atoms with Crippen LogP contribution in [0.3, 0.4) is 0 Å². The molecule has 0 aliphatic rings. The molecule has 0 saturated heterocycles. The number of halogens is 2. The van der Waals surface area contributed by atoms with Crippen LogP contribution >= 0.6 is 0 Å². The van der Waals surface area contributed by atoms with E-state index >= 15 is 0 Å². The Morgan fingerprint density at radius 3 is 2.57 bits per heavy atom. The van der Waals surface area contributed by atoms with Crippen molar-refractivity contribution in [2.45, 2.75) is 13.5 Å². The number of carbonyl (C=O) groups excluding carboxylic acids is 1. The third kappa shape index (κ3) is 3.56. The molecule has 3 nitrogen and oxygen atoms in total. The Morgan fingerprint density at radius 1 is 1.14 bits per heavy atom. The maximum atomic E-state index is 13.6. The molecule has 0 bridgehead atoms. The highest BCUT2D eigenvalue weighted by Crippen LogP contribution is 2.18. The number of benzene rings is 2. The van der Waals surface area contributed by atoms with Crippen LogP contribution in [0.1, 0.15) is 21.5 Å². The summed E-state index contributed by atoms with van der Waals surface area (Å²) in [6, 6.07) is 8.81. The summed E-state index contributed by atoms with van der Waals surface area (Å²) in [6.45, 7) is 2.11. The minimum atomic E-state index is -0.752. The standard InChI is InChI=1S/C16H15F2NO2/c1-10-3-5-14(17)11(7-10)9-19-12-4-6-15(18)13(8-12)16(20)21-2/h3-8,19H,9H2,1-2H3. The van der Waals surface area contributed by atoms with Gasteiger partial charge < -0.3 is 10.1 Å². The number of hydrogen-bond acceptors (Lipinski definition) is 3. The molecule has 0 radical (unpaired) electrons. The number of rotatable bonds is 4. The zero-order valence-electron chi connectivity index (χ0n) is 11.7. The number of aryl methyl sites for hydroxylation is 1. The number of nitrogens with one attached hydrogen (secondary N) is 1. The minimum absolute atomic E-state index is 0.160. The Kier molecular flexibility index (Phi) is 4.52. The summed E-state index contributed by atoms with van der Waals surface area (Å²) in [5, 5.41) is 2.96. The molecule has 0 spiro atoms. The van der Waals surface area contributed by atoms with E-state index in [0.29, 0.717) is 11.3 Å². The van der Waals surface area contributed by atoms with Crippen LogP contribution in [0.2, 0.25) is 0 Å². The lowest BCUT2D eigenvalue weighted by Gasteiger charge is -2.10.